The van der Waals surface area contributed by atoms with Crippen LogP contribution in [0.5, 0.6) is 0 Å². The summed E-state index contributed by atoms with van der Waals surface area (Å²) in [6.45, 7) is 0.896. The SMILES string of the molecule is COC(=O)C1=C(C(=O)OC)N(c2ccc(C)c(C(F)(F)F)c2)COC1. The van der Waals surface area contributed by atoms with Gasteiger partial charge in [-0.15, -0.1) is 0 Å². The molecule has 25 heavy (non-hydrogen) atoms. The maximum absolute atomic E-state index is 13.1. The van der Waals surface area contributed by atoms with Crippen LogP contribution in [-0.4, -0.2) is 39.5 Å². The number of ether oxygens (including phenoxy) is 3. The Kier molecular flexibility index (Phi) is 5.36. The molecule has 1 aliphatic rings. The lowest BCUT2D eigenvalue weighted by Crippen LogP contribution is -2.38. The molecule has 0 unspecified atom stereocenters. The number of nitrogens with zero attached hydrogens (tertiary/aromatic N) is 1. The molecule has 0 N–H and O–H groups in total. The van der Waals surface area contributed by atoms with E-state index in [0.29, 0.717) is 0 Å². The van der Waals surface area contributed by atoms with Gasteiger partial charge in [0.05, 0.1) is 32.0 Å². The molecule has 1 aromatic carbocycles. The van der Waals surface area contributed by atoms with E-state index in [2.05, 4.69) is 9.47 Å². The van der Waals surface area contributed by atoms with Crippen LogP contribution in [0.15, 0.2) is 29.5 Å². The van der Waals surface area contributed by atoms with Gasteiger partial charge in [0.2, 0.25) is 0 Å². The number of aryl methyl sites for hydroxylation is 1. The first kappa shape index (κ1) is 18.8. The van der Waals surface area contributed by atoms with Crippen molar-refractivity contribution < 1.29 is 37.0 Å². The van der Waals surface area contributed by atoms with E-state index < -0.39 is 23.7 Å². The summed E-state index contributed by atoms with van der Waals surface area (Å²) >= 11 is 0. The summed E-state index contributed by atoms with van der Waals surface area (Å²) in [6, 6.07) is 3.57. The Balaban J connectivity index is 2.60. The zero-order chi connectivity index (χ0) is 18.8. The number of rotatable bonds is 3. The van der Waals surface area contributed by atoms with Crippen LogP contribution >= 0.6 is 0 Å². The van der Waals surface area contributed by atoms with Crippen LogP contribution in [0, 0.1) is 6.92 Å². The van der Waals surface area contributed by atoms with Crippen molar-refractivity contribution in [1.82, 2.24) is 0 Å². The third-order valence-electron chi connectivity index (χ3n) is 3.67. The van der Waals surface area contributed by atoms with Gasteiger partial charge in [0.25, 0.3) is 0 Å². The number of carbonyl (C=O) groups is 2. The predicted molar refractivity (Wildman–Crippen MR) is 80.5 cm³/mol. The van der Waals surface area contributed by atoms with Crippen molar-refractivity contribution in [1.29, 1.82) is 0 Å². The molecule has 0 saturated heterocycles. The smallest absolute Gasteiger partial charge is 0.416 e. The van der Waals surface area contributed by atoms with E-state index in [4.69, 9.17) is 4.74 Å². The first-order valence-corrected chi connectivity index (χ1v) is 7.13. The van der Waals surface area contributed by atoms with Crippen molar-refractivity contribution in [3.8, 4) is 0 Å². The first-order valence-electron chi connectivity index (χ1n) is 7.13. The summed E-state index contributed by atoms with van der Waals surface area (Å²) in [7, 11) is 2.23. The molecule has 1 heterocycles. The third-order valence-corrected chi connectivity index (χ3v) is 3.67. The Morgan fingerprint density at radius 2 is 1.80 bits per heavy atom. The number of hydrogen-bond donors (Lipinski definition) is 0. The molecule has 0 aliphatic carbocycles. The number of anilines is 1. The fourth-order valence-electron chi connectivity index (χ4n) is 2.43. The van der Waals surface area contributed by atoms with Gasteiger partial charge in [-0.2, -0.15) is 13.2 Å². The molecule has 0 aromatic heterocycles. The predicted octanol–water partition coefficient (Wildman–Crippen LogP) is 2.41. The normalized spacial score (nSPS) is 15.2. The molecule has 6 nitrogen and oxygen atoms in total. The number of hydrogen-bond acceptors (Lipinski definition) is 6. The number of carbonyl (C=O) groups excluding carboxylic acids is 2. The number of benzene rings is 1. The topological polar surface area (TPSA) is 65.1 Å². The highest BCUT2D eigenvalue weighted by Gasteiger charge is 2.36. The summed E-state index contributed by atoms with van der Waals surface area (Å²) in [4.78, 5) is 25.2. The van der Waals surface area contributed by atoms with Crippen LogP contribution in [0.2, 0.25) is 0 Å². The van der Waals surface area contributed by atoms with Gasteiger partial charge in [-0.25, -0.2) is 9.59 Å². The number of halogens is 3. The lowest BCUT2D eigenvalue weighted by Gasteiger charge is -2.31. The van der Waals surface area contributed by atoms with Crippen molar-refractivity contribution in [3.05, 3.63) is 40.6 Å². The first-order chi connectivity index (χ1) is 11.7. The second-order valence-corrected chi connectivity index (χ2v) is 5.21. The van der Waals surface area contributed by atoms with Gasteiger partial charge in [0.15, 0.2) is 0 Å². The van der Waals surface area contributed by atoms with Crippen LogP contribution in [0.1, 0.15) is 11.1 Å². The Hall–Kier alpha value is -2.55. The Morgan fingerprint density at radius 1 is 1.16 bits per heavy atom. The Morgan fingerprint density at radius 3 is 2.36 bits per heavy atom. The van der Waals surface area contributed by atoms with Gasteiger partial charge in [-0.1, -0.05) is 6.07 Å². The fourth-order valence-corrected chi connectivity index (χ4v) is 2.43. The summed E-state index contributed by atoms with van der Waals surface area (Å²) in [5, 5.41) is 0. The van der Waals surface area contributed by atoms with Crippen LogP contribution in [0.4, 0.5) is 18.9 Å². The minimum absolute atomic E-state index is 0.0333. The van der Waals surface area contributed by atoms with Crippen LogP contribution in [0.25, 0.3) is 0 Å². The molecule has 0 amide bonds. The van der Waals surface area contributed by atoms with Gasteiger partial charge in [-0.05, 0) is 24.6 Å². The van der Waals surface area contributed by atoms with Gasteiger partial charge in [0.1, 0.15) is 12.4 Å². The molecule has 2 rings (SSSR count). The van der Waals surface area contributed by atoms with E-state index in [1.165, 1.54) is 19.1 Å². The highest BCUT2D eigenvalue weighted by Crippen LogP contribution is 2.36. The molecule has 9 heteroatoms. The monoisotopic (exact) mass is 359 g/mol. The van der Waals surface area contributed by atoms with E-state index >= 15 is 0 Å². The highest BCUT2D eigenvalue weighted by atomic mass is 19.4. The molecule has 1 aliphatic heterocycles. The lowest BCUT2D eigenvalue weighted by atomic mass is 10.1. The van der Waals surface area contributed by atoms with E-state index in [-0.39, 0.29) is 35.9 Å². The lowest BCUT2D eigenvalue weighted by molar-refractivity contribution is -0.140. The summed E-state index contributed by atoms with van der Waals surface area (Å²) in [6.07, 6.45) is -4.56. The average Bonchev–Trinajstić information content (AvgIpc) is 2.59. The summed E-state index contributed by atoms with van der Waals surface area (Å²) < 4.78 is 53.9. The average molecular weight is 359 g/mol. The number of alkyl halides is 3. The fraction of sp³-hybridized carbons (Fsp3) is 0.375. The van der Waals surface area contributed by atoms with E-state index in [9.17, 15) is 22.8 Å². The van der Waals surface area contributed by atoms with Crippen molar-refractivity contribution in [2.45, 2.75) is 13.1 Å². The van der Waals surface area contributed by atoms with Gasteiger partial charge in [-0.3, -0.25) is 0 Å². The van der Waals surface area contributed by atoms with Crippen molar-refractivity contribution in [2.24, 2.45) is 0 Å². The maximum Gasteiger partial charge on any atom is 0.416 e. The quantitative estimate of drug-likeness (QED) is 0.773. The zero-order valence-electron chi connectivity index (χ0n) is 13.8. The molecule has 0 fully saturated rings. The van der Waals surface area contributed by atoms with Crippen LogP contribution in [0.3, 0.4) is 0 Å². The maximum atomic E-state index is 13.1. The number of esters is 2. The summed E-state index contributed by atoms with van der Waals surface area (Å²) in [5.41, 5.74) is -1.11. The molecule has 136 valence electrons. The molecular weight excluding hydrogens is 343 g/mol. The van der Waals surface area contributed by atoms with Crippen molar-refractivity contribution in [2.75, 3.05) is 32.5 Å². The minimum atomic E-state index is -4.56. The molecule has 0 saturated carbocycles. The van der Waals surface area contributed by atoms with Gasteiger partial charge >= 0.3 is 18.1 Å². The van der Waals surface area contributed by atoms with Crippen LogP contribution in [-0.2, 0) is 30.0 Å². The minimum Gasteiger partial charge on any atom is -0.466 e. The Labute approximate surface area is 141 Å². The molecule has 0 spiro atoms. The molecule has 1 aromatic rings. The standard InChI is InChI=1S/C16H16F3NO5/c1-9-4-5-10(6-12(9)16(17,18)19)20-8-25-7-11(14(21)23-2)13(20)15(22)24-3/h4-6H,7-8H2,1-3H3. The van der Waals surface area contributed by atoms with Crippen molar-refractivity contribution in [3.63, 3.8) is 0 Å². The van der Waals surface area contributed by atoms with E-state index in [0.717, 1.165) is 25.2 Å². The van der Waals surface area contributed by atoms with Gasteiger partial charge < -0.3 is 19.1 Å². The second kappa shape index (κ2) is 7.14. The van der Waals surface area contributed by atoms with Crippen LogP contribution < -0.4 is 4.90 Å². The number of methoxy groups -OCH3 is 2. The van der Waals surface area contributed by atoms with Crippen molar-refractivity contribution >= 4 is 17.6 Å². The highest BCUT2D eigenvalue weighted by molar-refractivity contribution is 6.03. The second-order valence-electron chi connectivity index (χ2n) is 5.21. The Bertz CT molecular complexity index is 727. The molecular formula is C16H16F3NO5. The largest absolute Gasteiger partial charge is 0.466 e. The van der Waals surface area contributed by atoms with E-state index in [1.54, 1.807) is 0 Å². The third kappa shape index (κ3) is 3.76. The van der Waals surface area contributed by atoms with E-state index in [1.807, 2.05) is 0 Å². The molecule has 0 bridgehead atoms. The molecule has 0 atom stereocenters. The zero-order valence-corrected chi connectivity index (χ0v) is 13.8. The molecule has 0 radical (unpaired) electrons. The van der Waals surface area contributed by atoms with Gasteiger partial charge in [0, 0.05) is 5.69 Å². The summed E-state index contributed by atoms with van der Waals surface area (Å²) in [5.74, 6) is -1.70.